The summed E-state index contributed by atoms with van der Waals surface area (Å²) in [4.78, 5) is 43.4. The number of carbonyl (C=O) groups excluding carboxylic acids is 3. The maximum atomic E-state index is 13.7. The molecule has 0 saturated carbocycles. The molecule has 0 unspecified atom stereocenters. The van der Waals surface area contributed by atoms with Gasteiger partial charge in [-0.25, -0.2) is 14.4 Å². The van der Waals surface area contributed by atoms with E-state index in [9.17, 15) is 14.4 Å². The Bertz CT molecular complexity index is 1530. The third-order valence-corrected chi connectivity index (χ3v) is 6.62. The third kappa shape index (κ3) is 7.24. The fourth-order valence-corrected chi connectivity index (χ4v) is 4.81. The molecule has 0 saturated heterocycles. The first-order valence-corrected chi connectivity index (χ1v) is 14.1. The van der Waals surface area contributed by atoms with Crippen molar-refractivity contribution in [3.63, 3.8) is 0 Å². The summed E-state index contributed by atoms with van der Waals surface area (Å²) in [6, 6.07) is 14.9. The van der Waals surface area contributed by atoms with Crippen molar-refractivity contribution in [2.24, 2.45) is 5.92 Å². The van der Waals surface area contributed by atoms with Crippen LogP contribution in [-0.2, 0) is 27.2 Å². The van der Waals surface area contributed by atoms with Gasteiger partial charge in [0, 0.05) is 28.9 Å². The first-order valence-electron chi connectivity index (χ1n) is 14.1. The highest BCUT2D eigenvalue weighted by atomic mass is 16.6. The normalized spacial score (nSPS) is 13.6. The van der Waals surface area contributed by atoms with Crippen LogP contribution in [0.3, 0.4) is 0 Å². The Kier molecular flexibility index (Phi) is 9.14. The summed E-state index contributed by atoms with van der Waals surface area (Å²) in [5.41, 5.74) is 5.37. The van der Waals surface area contributed by atoms with Crippen LogP contribution < -0.4 is 5.32 Å². The molecule has 8 nitrogen and oxygen atoms in total. The lowest BCUT2D eigenvalue weighted by Crippen LogP contribution is -2.33. The molecule has 2 aromatic carbocycles. The quantitative estimate of drug-likeness (QED) is 0.231. The van der Waals surface area contributed by atoms with E-state index in [4.69, 9.17) is 19.2 Å². The number of alkyl carbamates (subject to hydrolysis) is 1. The second-order valence-corrected chi connectivity index (χ2v) is 11.8. The molecule has 1 amide bonds. The van der Waals surface area contributed by atoms with E-state index < -0.39 is 23.6 Å². The summed E-state index contributed by atoms with van der Waals surface area (Å²) < 4.78 is 16.6. The first-order chi connectivity index (χ1) is 19.8. The van der Waals surface area contributed by atoms with Crippen molar-refractivity contribution in [1.82, 2.24) is 10.3 Å². The van der Waals surface area contributed by atoms with Crippen LogP contribution in [0, 0.1) is 19.8 Å². The smallest absolute Gasteiger partial charge is 0.407 e. The average molecular weight is 571 g/mol. The summed E-state index contributed by atoms with van der Waals surface area (Å²) in [6.45, 7) is 13.4. The van der Waals surface area contributed by atoms with E-state index in [1.807, 2.05) is 37.3 Å². The maximum absolute atomic E-state index is 13.7. The number of nitrogens with one attached hydrogen (secondary N) is 1. The molecule has 220 valence electrons. The van der Waals surface area contributed by atoms with Gasteiger partial charge in [0.25, 0.3) is 0 Å². The second kappa shape index (κ2) is 12.6. The van der Waals surface area contributed by atoms with Gasteiger partial charge >= 0.3 is 18.0 Å². The van der Waals surface area contributed by atoms with E-state index >= 15 is 0 Å². The number of amides is 1. The number of nitrogens with zero attached hydrogens (tertiary/aromatic N) is 1. The molecule has 2 heterocycles. The van der Waals surface area contributed by atoms with Crippen LogP contribution in [0.15, 0.2) is 54.6 Å². The Morgan fingerprint density at radius 2 is 1.69 bits per heavy atom. The molecular weight excluding hydrogens is 532 g/mol. The molecule has 3 aromatic rings. The molecule has 1 N–H and O–H groups in total. The number of hydrogen-bond acceptors (Lipinski definition) is 7. The van der Waals surface area contributed by atoms with Crippen molar-refractivity contribution < 1.29 is 28.6 Å². The van der Waals surface area contributed by atoms with E-state index in [1.54, 1.807) is 52.0 Å². The van der Waals surface area contributed by atoms with E-state index in [0.717, 1.165) is 22.4 Å². The molecule has 0 fully saturated rings. The van der Waals surface area contributed by atoms with Crippen molar-refractivity contribution in [1.29, 1.82) is 0 Å². The molecule has 1 aliphatic rings. The van der Waals surface area contributed by atoms with Gasteiger partial charge in [0.2, 0.25) is 0 Å². The van der Waals surface area contributed by atoms with Crippen molar-refractivity contribution in [3.05, 3.63) is 93.8 Å². The molecule has 0 atom stereocenters. The average Bonchev–Trinajstić information content (AvgIpc) is 3.22. The standard InChI is InChI=1S/C34H38N2O6/c1-20(2)18-27-26(19-35-33(39)42-34(5,6)7)30(23-14-12-21(3)13-15-23)29(22(4)36-27)32(38)40-17-16-28-24-10-8-9-11-25(24)31(37)41-28/h8-16,20H,17-19H2,1-7H3,(H,35,39). The molecule has 0 aliphatic carbocycles. The van der Waals surface area contributed by atoms with Crippen LogP contribution in [-0.4, -0.2) is 35.2 Å². The fraction of sp³-hybridized carbons (Fsp3) is 0.353. The largest absolute Gasteiger partial charge is 0.458 e. The molecule has 0 spiro atoms. The number of carbonyl (C=O) groups is 3. The van der Waals surface area contributed by atoms with Gasteiger partial charge in [-0.2, -0.15) is 0 Å². The predicted molar refractivity (Wildman–Crippen MR) is 161 cm³/mol. The monoisotopic (exact) mass is 570 g/mol. The second-order valence-electron chi connectivity index (χ2n) is 11.8. The van der Waals surface area contributed by atoms with Gasteiger partial charge in [-0.1, -0.05) is 61.9 Å². The molecule has 1 aromatic heterocycles. The number of aryl methyl sites for hydroxylation is 2. The minimum Gasteiger partial charge on any atom is -0.458 e. The summed E-state index contributed by atoms with van der Waals surface area (Å²) >= 11 is 0. The summed E-state index contributed by atoms with van der Waals surface area (Å²) in [5, 5.41) is 2.86. The topological polar surface area (TPSA) is 104 Å². The van der Waals surface area contributed by atoms with Crippen LogP contribution in [0.4, 0.5) is 4.79 Å². The van der Waals surface area contributed by atoms with E-state index in [0.29, 0.717) is 40.1 Å². The van der Waals surface area contributed by atoms with E-state index in [2.05, 4.69) is 19.2 Å². The molecular formula is C34H38N2O6. The minimum absolute atomic E-state index is 0.109. The summed E-state index contributed by atoms with van der Waals surface area (Å²) in [5.74, 6) is -0.372. The Labute approximate surface area is 247 Å². The van der Waals surface area contributed by atoms with Crippen LogP contribution in [0.5, 0.6) is 0 Å². The third-order valence-electron chi connectivity index (χ3n) is 6.62. The summed E-state index contributed by atoms with van der Waals surface area (Å²) in [7, 11) is 0. The molecule has 0 radical (unpaired) electrons. The molecule has 8 heteroatoms. The maximum Gasteiger partial charge on any atom is 0.407 e. The first kappa shape index (κ1) is 30.5. The Balaban J connectivity index is 1.73. The lowest BCUT2D eigenvalue weighted by molar-refractivity contribution is 0.0520. The highest BCUT2D eigenvalue weighted by molar-refractivity contribution is 6.03. The zero-order chi connectivity index (χ0) is 30.6. The minimum atomic E-state index is -0.659. The molecule has 4 rings (SSSR count). The zero-order valence-electron chi connectivity index (χ0n) is 25.3. The number of pyridine rings is 1. The van der Waals surface area contributed by atoms with Gasteiger partial charge < -0.3 is 19.5 Å². The molecule has 42 heavy (non-hydrogen) atoms. The summed E-state index contributed by atoms with van der Waals surface area (Å²) in [6.07, 6.45) is 1.67. The number of cyclic esters (lactones) is 1. The predicted octanol–water partition coefficient (Wildman–Crippen LogP) is 6.96. The Morgan fingerprint density at radius 3 is 2.33 bits per heavy atom. The van der Waals surface area contributed by atoms with Gasteiger partial charge in [-0.15, -0.1) is 0 Å². The molecule has 1 aliphatic heterocycles. The highest BCUT2D eigenvalue weighted by Crippen LogP contribution is 2.34. The van der Waals surface area contributed by atoms with Crippen LogP contribution in [0.2, 0.25) is 0 Å². The highest BCUT2D eigenvalue weighted by Gasteiger charge is 2.28. The van der Waals surface area contributed by atoms with Gasteiger partial charge in [0.1, 0.15) is 18.0 Å². The number of ether oxygens (including phenoxy) is 3. The lowest BCUT2D eigenvalue weighted by atomic mass is 9.89. The number of hydrogen-bond donors (Lipinski definition) is 1. The number of fused-ring (bicyclic) bond motifs is 1. The van der Waals surface area contributed by atoms with Crippen molar-refractivity contribution in [2.45, 2.75) is 67.0 Å². The van der Waals surface area contributed by atoms with Crippen LogP contribution in [0.1, 0.15) is 83.4 Å². The van der Waals surface area contributed by atoms with Gasteiger partial charge in [-0.3, -0.25) is 4.98 Å². The van der Waals surface area contributed by atoms with E-state index in [1.165, 1.54) is 0 Å². The number of esters is 2. The van der Waals surface area contributed by atoms with Crippen LogP contribution in [0.25, 0.3) is 16.9 Å². The van der Waals surface area contributed by atoms with E-state index in [-0.39, 0.29) is 19.1 Å². The Morgan fingerprint density at radius 1 is 1.02 bits per heavy atom. The van der Waals surface area contributed by atoms with Crippen LogP contribution >= 0.6 is 0 Å². The SMILES string of the molecule is Cc1ccc(-c2c(CNC(=O)OC(C)(C)C)c(CC(C)C)nc(C)c2C(=O)OCC=C2OC(=O)c3ccccc32)cc1. The fourth-order valence-electron chi connectivity index (χ4n) is 4.81. The van der Waals surface area contributed by atoms with Gasteiger partial charge in [-0.05, 0) is 64.7 Å². The Hall–Kier alpha value is -4.46. The number of aromatic nitrogens is 1. The lowest BCUT2D eigenvalue weighted by Gasteiger charge is -2.23. The van der Waals surface area contributed by atoms with Crippen molar-refractivity contribution in [2.75, 3.05) is 6.61 Å². The number of rotatable bonds is 8. The van der Waals surface area contributed by atoms with Crippen molar-refractivity contribution >= 4 is 23.8 Å². The van der Waals surface area contributed by atoms with Crippen molar-refractivity contribution in [3.8, 4) is 11.1 Å². The number of benzene rings is 2. The zero-order valence-corrected chi connectivity index (χ0v) is 25.3. The molecule has 0 bridgehead atoms. The van der Waals surface area contributed by atoms with Gasteiger partial charge in [0.05, 0.1) is 16.8 Å². The van der Waals surface area contributed by atoms with Gasteiger partial charge in [0.15, 0.2) is 0 Å².